The molecule has 0 aromatic carbocycles. The van der Waals surface area contributed by atoms with Gasteiger partial charge in [0.1, 0.15) is 5.01 Å². The third-order valence-electron chi connectivity index (χ3n) is 3.05. The van der Waals surface area contributed by atoms with E-state index in [4.69, 9.17) is 9.47 Å². The van der Waals surface area contributed by atoms with Crippen molar-refractivity contribution < 1.29 is 9.47 Å². The lowest BCUT2D eigenvalue weighted by Gasteiger charge is -2.29. The van der Waals surface area contributed by atoms with Crippen LogP contribution in [0.3, 0.4) is 0 Å². The molecule has 96 valence electrons. The topological polar surface area (TPSA) is 43.4 Å². The van der Waals surface area contributed by atoms with Crippen LogP contribution >= 0.6 is 11.3 Å². The lowest BCUT2D eigenvalue weighted by atomic mass is 9.94. The number of nitrogens with zero attached hydrogens (tertiary/aromatic N) is 1. The predicted octanol–water partition coefficient (Wildman–Crippen LogP) is 1.85. The summed E-state index contributed by atoms with van der Waals surface area (Å²) < 4.78 is 10.7. The summed E-state index contributed by atoms with van der Waals surface area (Å²) in [5.41, 5.74) is 0. The van der Waals surface area contributed by atoms with Gasteiger partial charge in [-0.05, 0) is 12.8 Å². The fourth-order valence-corrected chi connectivity index (χ4v) is 2.99. The second kappa shape index (κ2) is 7.06. The van der Waals surface area contributed by atoms with Crippen LogP contribution in [0.5, 0.6) is 0 Å². The quantitative estimate of drug-likeness (QED) is 0.789. The average Bonchev–Trinajstić information content (AvgIpc) is 2.89. The van der Waals surface area contributed by atoms with E-state index >= 15 is 0 Å². The number of methoxy groups -OCH3 is 1. The van der Waals surface area contributed by atoms with Crippen LogP contribution in [-0.2, 0) is 9.47 Å². The SMILES string of the molecule is COCCNC(c1nccs1)C1CCCOC1. The van der Waals surface area contributed by atoms with E-state index in [0.29, 0.717) is 12.0 Å². The molecule has 1 aliphatic rings. The molecule has 1 saturated heterocycles. The van der Waals surface area contributed by atoms with E-state index in [-0.39, 0.29) is 0 Å². The van der Waals surface area contributed by atoms with Gasteiger partial charge >= 0.3 is 0 Å². The first-order chi connectivity index (χ1) is 8.42. The zero-order chi connectivity index (χ0) is 11.9. The van der Waals surface area contributed by atoms with Gasteiger partial charge in [-0.2, -0.15) is 0 Å². The van der Waals surface area contributed by atoms with Gasteiger partial charge in [-0.3, -0.25) is 0 Å². The number of thiazole rings is 1. The van der Waals surface area contributed by atoms with E-state index in [2.05, 4.69) is 10.3 Å². The minimum Gasteiger partial charge on any atom is -0.383 e. The van der Waals surface area contributed by atoms with Crippen LogP contribution in [0.25, 0.3) is 0 Å². The third kappa shape index (κ3) is 3.74. The fraction of sp³-hybridized carbons (Fsp3) is 0.750. The first-order valence-electron chi connectivity index (χ1n) is 6.11. The molecule has 2 atom stereocenters. The lowest BCUT2D eigenvalue weighted by Crippen LogP contribution is -2.35. The Morgan fingerprint density at radius 3 is 3.29 bits per heavy atom. The van der Waals surface area contributed by atoms with Crippen LogP contribution in [0.2, 0.25) is 0 Å². The van der Waals surface area contributed by atoms with E-state index in [1.807, 2.05) is 11.6 Å². The van der Waals surface area contributed by atoms with Crippen LogP contribution in [0.15, 0.2) is 11.6 Å². The van der Waals surface area contributed by atoms with E-state index in [0.717, 1.165) is 37.8 Å². The molecule has 1 fully saturated rings. The molecule has 0 aliphatic carbocycles. The molecule has 1 aromatic rings. The number of nitrogens with one attached hydrogen (secondary N) is 1. The van der Waals surface area contributed by atoms with Crippen molar-refractivity contribution in [2.45, 2.75) is 18.9 Å². The van der Waals surface area contributed by atoms with Crippen LogP contribution in [0.1, 0.15) is 23.9 Å². The van der Waals surface area contributed by atoms with Crippen molar-refractivity contribution in [3.05, 3.63) is 16.6 Å². The minimum absolute atomic E-state index is 0.311. The Balaban J connectivity index is 1.96. The van der Waals surface area contributed by atoms with E-state index in [9.17, 15) is 0 Å². The van der Waals surface area contributed by atoms with Crippen molar-refractivity contribution in [2.75, 3.05) is 33.5 Å². The van der Waals surface area contributed by atoms with Gasteiger partial charge in [0.05, 0.1) is 19.3 Å². The molecule has 0 saturated carbocycles. The summed E-state index contributed by atoms with van der Waals surface area (Å²) in [7, 11) is 1.73. The highest BCUT2D eigenvalue weighted by atomic mass is 32.1. The van der Waals surface area contributed by atoms with Crippen molar-refractivity contribution in [1.82, 2.24) is 10.3 Å². The Kier molecular flexibility index (Phi) is 5.38. The number of rotatable bonds is 6. The second-order valence-corrected chi connectivity index (χ2v) is 5.20. The van der Waals surface area contributed by atoms with Gasteiger partial charge in [0, 0.05) is 37.8 Å². The summed E-state index contributed by atoms with van der Waals surface area (Å²) in [6, 6.07) is 0.311. The molecule has 1 aromatic heterocycles. The predicted molar refractivity (Wildman–Crippen MR) is 68.3 cm³/mol. The summed E-state index contributed by atoms with van der Waals surface area (Å²) in [4.78, 5) is 4.43. The van der Waals surface area contributed by atoms with Gasteiger partial charge in [0.2, 0.25) is 0 Å². The molecule has 4 nitrogen and oxygen atoms in total. The Bertz CT molecular complexity index is 299. The second-order valence-electron chi connectivity index (χ2n) is 4.27. The fourth-order valence-electron chi connectivity index (χ4n) is 2.19. The Morgan fingerprint density at radius 1 is 1.71 bits per heavy atom. The molecule has 0 radical (unpaired) electrons. The van der Waals surface area contributed by atoms with Crippen molar-refractivity contribution in [3.63, 3.8) is 0 Å². The molecule has 2 rings (SSSR count). The standard InChI is InChI=1S/C12H20N2O2S/c1-15-7-4-13-11(12-14-5-8-17-12)10-3-2-6-16-9-10/h5,8,10-11,13H,2-4,6-7,9H2,1H3. The van der Waals surface area contributed by atoms with Gasteiger partial charge in [0.25, 0.3) is 0 Å². The highest BCUT2D eigenvalue weighted by Crippen LogP contribution is 2.29. The lowest BCUT2D eigenvalue weighted by molar-refractivity contribution is 0.0377. The zero-order valence-corrected chi connectivity index (χ0v) is 11.0. The summed E-state index contributed by atoms with van der Waals surface area (Å²) >= 11 is 1.71. The Morgan fingerprint density at radius 2 is 2.65 bits per heavy atom. The van der Waals surface area contributed by atoms with Crippen LogP contribution in [0.4, 0.5) is 0 Å². The summed E-state index contributed by atoms with van der Waals surface area (Å²) in [5.74, 6) is 0.534. The number of hydrogen-bond donors (Lipinski definition) is 1. The smallest absolute Gasteiger partial charge is 0.110 e. The largest absolute Gasteiger partial charge is 0.383 e. The molecule has 0 amide bonds. The first-order valence-corrected chi connectivity index (χ1v) is 6.99. The van der Waals surface area contributed by atoms with Crippen molar-refractivity contribution in [2.24, 2.45) is 5.92 Å². The molecule has 0 spiro atoms. The maximum atomic E-state index is 5.57. The van der Waals surface area contributed by atoms with Crippen LogP contribution in [-0.4, -0.2) is 38.5 Å². The maximum Gasteiger partial charge on any atom is 0.110 e. The molecule has 2 heterocycles. The minimum atomic E-state index is 0.311. The summed E-state index contributed by atoms with van der Waals surface area (Å²) in [5, 5.41) is 6.73. The van der Waals surface area contributed by atoms with Gasteiger partial charge in [0.15, 0.2) is 0 Å². The Labute approximate surface area is 106 Å². The molecule has 1 aliphatic heterocycles. The normalized spacial score (nSPS) is 22.5. The molecule has 2 unspecified atom stereocenters. The molecule has 17 heavy (non-hydrogen) atoms. The monoisotopic (exact) mass is 256 g/mol. The summed E-state index contributed by atoms with van der Waals surface area (Å²) in [6.07, 6.45) is 4.23. The molecule has 1 N–H and O–H groups in total. The maximum absolute atomic E-state index is 5.57. The molecular weight excluding hydrogens is 236 g/mol. The molecular formula is C12H20N2O2S. The zero-order valence-electron chi connectivity index (χ0n) is 10.2. The van der Waals surface area contributed by atoms with E-state index < -0.39 is 0 Å². The van der Waals surface area contributed by atoms with E-state index in [1.165, 1.54) is 6.42 Å². The van der Waals surface area contributed by atoms with Gasteiger partial charge in [-0.1, -0.05) is 0 Å². The average molecular weight is 256 g/mol. The van der Waals surface area contributed by atoms with Gasteiger partial charge in [-0.25, -0.2) is 4.98 Å². The molecule has 5 heteroatoms. The number of aromatic nitrogens is 1. The summed E-state index contributed by atoms with van der Waals surface area (Å²) in [6.45, 7) is 3.33. The van der Waals surface area contributed by atoms with Crippen molar-refractivity contribution in [1.29, 1.82) is 0 Å². The van der Waals surface area contributed by atoms with Crippen LogP contribution < -0.4 is 5.32 Å². The Hall–Kier alpha value is -0.490. The van der Waals surface area contributed by atoms with Crippen molar-refractivity contribution >= 4 is 11.3 Å². The van der Waals surface area contributed by atoms with Crippen molar-refractivity contribution in [3.8, 4) is 0 Å². The molecule has 0 bridgehead atoms. The number of ether oxygens (including phenoxy) is 2. The highest BCUT2D eigenvalue weighted by Gasteiger charge is 2.26. The first kappa shape index (κ1) is 13.0. The van der Waals surface area contributed by atoms with Gasteiger partial charge in [-0.15, -0.1) is 11.3 Å². The van der Waals surface area contributed by atoms with E-state index in [1.54, 1.807) is 18.4 Å². The van der Waals surface area contributed by atoms with Gasteiger partial charge < -0.3 is 14.8 Å². The third-order valence-corrected chi connectivity index (χ3v) is 3.91. The van der Waals surface area contributed by atoms with Crippen LogP contribution in [0, 0.1) is 5.92 Å². The number of hydrogen-bond acceptors (Lipinski definition) is 5. The highest BCUT2D eigenvalue weighted by molar-refractivity contribution is 7.09.